The van der Waals surface area contributed by atoms with Crippen molar-refractivity contribution < 1.29 is 4.39 Å². The van der Waals surface area contributed by atoms with Crippen LogP contribution < -0.4 is 5.69 Å². The number of benzene rings is 1. The lowest BCUT2D eigenvalue weighted by atomic mass is 10.0. The number of H-pyrrole nitrogens is 1. The molecule has 4 aromatic heterocycles. The van der Waals surface area contributed by atoms with Gasteiger partial charge < -0.3 is 4.90 Å². The summed E-state index contributed by atoms with van der Waals surface area (Å²) in [6.07, 6.45) is 7.88. The minimum Gasteiger partial charge on any atom is -0.300 e. The van der Waals surface area contributed by atoms with Gasteiger partial charge in [-0.05, 0) is 43.9 Å². The molecule has 0 unspecified atom stereocenters. The van der Waals surface area contributed by atoms with Gasteiger partial charge in [0.15, 0.2) is 17.1 Å². The molecule has 0 amide bonds. The molecule has 10 heteroatoms. The molecule has 2 fully saturated rings. The molecule has 1 aliphatic carbocycles. The van der Waals surface area contributed by atoms with Crippen molar-refractivity contribution in [2.45, 2.75) is 44.3 Å². The molecule has 5 aromatic rings. The smallest absolute Gasteiger partial charge is 0.300 e. The number of fused-ring (bicyclic) bond motifs is 2. The summed E-state index contributed by atoms with van der Waals surface area (Å²) in [5.41, 5.74) is 2.73. The van der Waals surface area contributed by atoms with Gasteiger partial charge >= 0.3 is 5.69 Å². The number of rotatable bonds is 5. The van der Waals surface area contributed by atoms with E-state index in [2.05, 4.69) is 24.8 Å². The van der Waals surface area contributed by atoms with Crippen LogP contribution in [0.3, 0.4) is 0 Å². The first-order valence-corrected chi connectivity index (χ1v) is 12.4. The lowest BCUT2D eigenvalue weighted by Gasteiger charge is -2.32. The van der Waals surface area contributed by atoms with Crippen molar-refractivity contribution in [3.05, 3.63) is 70.7 Å². The number of hydrogen-bond donors (Lipinski definition) is 1. The topological polar surface area (TPSA) is 97.5 Å². The second-order valence-corrected chi connectivity index (χ2v) is 9.70. The fourth-order valence-electron chi connectivity index (χ4n) is 5.41. The van der Waals surface area contributed by atoms with Gasteiger partial charge in [-0.3, -0.25) is 9.55 Å². The molecule has 9 nitrogen and oxygen atoms in total. The molecule has 1 aromatic carbocycles. The van der Waals surface area contributed by atoms with Gasteiger partial charge in [0.05, 0.1) is 18.1 Å². The van der Waals surface area contributed by atoms with E-state index in [1.807, 2.05) is 16.7 Å². The first-order chi connectivity index (χ1) is 17.7. The molecule has 2 aliphatic rings. The molecule has 1 N–H and O–H groups in total. The van der Waals surface area contributed by atoms with Gasteiger partial charge in [0, 0.05) is 36.9 Å². The highest BCUT2D eigenvalue weighted by Crippen LogP contribution is 2.33. The van der Waals surface area contributed by atoms with Gasteiger partial charge in [-0.1, -0.05) is 18.2 Å². The molecule has 0 bridgehead atoms. The average molecular weight is 485 g/mol. The van der Waals surface area contributed by atoms with Crippen LogP contribution in [0.5, 0.6) is 0 Å². The van der Waals surface area contributed by atoms with E-state index in [4.69, 9.17) is 5.10 Å². The summed E-state index contributed by atoms with van der Waals surface area (Å²) in [5.74, 6) is 0.0999. The zero-order valence-corrected chi connectivity index (χ0v) is 19.6. The molecular formula is C26H25FN8O. The third kappa shape index (κ3) is 3.60. The van der Waals surface area contributed by atoms with E-state index in [0.29, 0.717) is 33.9 Å². The van der Waals surface area contributed by atoms with E-state index in [0.717, 1.165) is 37.4 Å². The summed E-state index contributed by atoms with van der Waals surface area (Å²) >= 11 is 0. The Hall–Kier alpha value is -3.92. The Balaban J connectivity index is 1.25. The highest BCUT2D eigenvalue weighted by molar-refractivity contribution is 5.90. The normalized spacial score (nSPS) is 17.4. The average Bonchev–Trinajstić information content (AvgIpc) is 3.61. The summed E-state index contributed by atoms with van der Waals surface area (Å²) < 4.78 is 17.8. The standard InChI is InChI=1S/C26H25FN8O/c27-20-6-2-1-4-16(20)15-34-25-19(5-3-11-28-25)22(32-34)24-29-14-21-23(30-24)31-26(36)35(21)18-9-12-33(13-10-18)17-7-8-17/h1-6,11,14,17-18H,7-10,12-13,15H2,(H,29,30,31,36). The Kier molecular flexibility index (Phi) is 4.95. The number of hydrogen-bond acceptors (Lipinski definition) is 6. The maximum atomic E-state index is 14.3. The molecule has 0 radical (unpaired) electrons. The summed E-state index contributed by atoms with van der Waals surface area (Å²) in [6, 6.07) is 11.2. The molecule has 36 heavy (non-hydrogen) atoms. The predicted octanol–water partition coefficient (Wildman–Crippen LogP) is 3.52. The van der Waals surface area contributed by atoms with E-state index < -0.39 is 0 Å². The first kappa shape index (κ1) is 21.4. The third-order valence-corrected chi connectivity index (χ3v) is 7.40. The molecule has 182 valence electrons. The van der Waals surface area contributed by atoms with Gasteiger partial charge in [0.2, 0.25) is 0 Å². The summed E-state index contributed by atoms with van der Waals surface area (Å²) in [6.45, 7) is 2.27. The number of piperidine rings is 1. The quantitative estimate of drug-likeness (QED) is 0.410. The Morgan fingerprint density at radius 3 is 2.64 bits per heavy atom. The van der Waals surface area contributed by atoms with Gasteiger partial charge in [0.1, 0.15) is 17.0 Å². The van der Waals surface area contributed by atoms with Crippen LogP contribution in [0.4, 0.5) is 4.39 Å². The summed E-state index contributed by atoms with van der Waals surface area (Å²) in [7, 11) is 0. The lowest BCUT2D eigenvalue weighted by Crippen LogP contribution is -2.38. The number of nitrogens with one attached hydrogen (secondary N) is 1. The highest BCUT2D eigenvalue weighted by Gasteiger charge is 2.33. The summed E-state index contributed by atoms with van der Waals surface area (Å²) in [5, 5.41) is 5.48. The minimum absolute atomic E-state index is 0.140. The lowest BCUT2D eigenvalue weighted by molar-refractivity contribution is 0.179. The van der Waals surface area contributed by atoms with Crippen LogP contribution in [0.1, 0.15) is 37.3 Å². The Morgan fingerprint density at radius 2 is 1.83 bits per heavy atom. The summed E-state index contributed by atoms with van der Waals surface area (Å²) in [4.78, 5) is 32.2. The van der Waals surface area contributed by atoms with E-state index in [9.17, 15) is 9.18 Å². The van der Waals surface area contributed by atoms with Crippen LogP contribution in [0, 0.1) is 5.82 Å². The fourth-order valence-corrected chi connectivity index (χ4v) is 5.41. The maximum absolute atomic E-state index is 14.3. The van der Waals surface area contributed by atoms with Gasteiger partial charge in [0.25, 0.3) is 0 Å². The number of aromatic nitrogens is 7. The molecular weight excluding hydrogens is 459 g/mol. The highest BCUT2D eigenvalue weighted by atomic mass is 19.1. The minimum atomic E-state index is -0.293. The molecule has 0 atom stereocenters. The SMILES string of the molecule is O=c1[nH]c2nc(-c3nn(Cc4ccccc4F)c4ncccc34)ncc2n1C1CCN(C2CC2)CC1. The monoisotopic (exact) mass is 484 g/mol. The molecule has 5 heterocycles. The molecule has 1 aliphatic heterocycles. The second-order valence-electron chi connectivity index (χ2n) is 9.70. The van der Waals surface area contributed by atoms with Crippen molar-refractivity contribution in [3.8, 4) is 11.5 Å². The zero-order valence-electron chi connectivity index (χ0n) is 19.6. The fraction of sp³-hybridized carbons (Fsp3) is 0.346. The Bertz CT molecular complexity index is 1640. The van der Waals surface area contributed by atoms with Crippen molar-refractivity contribution in [3.63, 3.8) is 0 Å². The number of pyridine rings is 1. The van der Waals surface area contributed by atoms with Crippen LogP contribution in [0.25, 0.3) is 33.7 Å². The number of nitrogens with zero attached hydrogens (tertiary/aromatic N) is 7. The van der Waals surface area contributed by atoms with Gasteiger partial charge in [-0.15, -0.1) is 0 Å². The van der Waals surface area contributed by atoms with Crippen LogP contribution in [-0.4, -0.2) is 58.3 Å². The van der Waals surface area contributed by atoms with E-state index in [1.54, 1.807) is 35.3 Å². The van der Waals surface area contributed by atoms with Crippen LogP contribution in [0.2, 0.25) is 0 Å². The maximum Gasteiger partial charge on any atom is 0.327 e. The molecule has 1 saturated heterocycles. The number of aromatic amines is 1. The van der Waals surface area contributed by atoms with Crippen molar-refractivity contribution in [2.24, 2.45) is 0 Å². The Labute approximate surface area is 205 Å². The van der Waals surface area contributed by atoms with Crippen molar-refractivity contribution >= 4 is 22.2 Å². The zero-order chi connectivity index (χ0) is 24.2. The molecule has 0 spiro atoms. The van der Waals surface area contributed by atoms with Gasteiger partial charge in [-0.25, -0.2) is 28.8 Å². The Morgan fingerprint density at radius 1 is 1.00 bits per heavy atom. The second kappa shape index (κ2) is 8.34. The van der Waals surface area contributed by atoms with Crippen LogP contribution >= 0.6 is 0 Å². The predicted molar refractivity (Wildman–Crippen MR) is 133 cm³/mol. The van der Waals surface area contributed by atoms with E-state index >= 15 is 0 Å². The number of halogens is 1. The third-order valence-electron chi connectivity index (χ3n) is 7.40. The molecule has 7 rings (SSSR count). The van der Waals surface area contributed by atoms with Crippen molar-refractivity contribution in [1.82, 2.24) is 39.2 Å². The van der Waals surface area contributed by atoms with Gasteiger partial charge in [-0.2, -0.15) is 5.10 Å². The largest absolute Gasteiger partial charge is 0.327 e. The van der Waals surface area contributed by atoms with Crippen molar-refractivity contribution in [2.75, 3.05) is 13.1 Å². The van der Waals surface area contributed by atoms with E-state index in [-0.39, 0.29) is 24.1 Å². The van der Waals surface area contributed by atoms with E-state index in [1.165, 1.54) is 18.9 Å². The number of imidazole rings is 1. The van der Waals surface area contributed by atoms with Crippen molar-refractivity contribution in [1.29, 1.82) is 0 Å². The molecule has 1 saturated carbocycles. The number of likely N-dealkylation sites (tertiary alicyclic amines) is 1. The van der Waals surface area contributed by atoms with Crippen LogP contribution in [0.15, 0.2) is 53.6 Å². The first-order valence-electron chi connectivity index (χ1n) is 12.4. The van der Waals surface area contributed by atoms with Crippen LogP contribution in [-0.2, 0) is 6.54 Å².